The Morgan fingerprint density at radius 2 is 2.04 bits per heavy atom. The number of piperidine rings is 1. The molecule has 2 rings (SSSR count). The van der Waals surface area contributed by atoms with Gasteiger partial charge in [0.1, 0.15) is 0 Å². The van der Waals surface area contributed by atoms with Crippen LogP contribution in [0.2, 0.25) is 0 Å². The number of nitrogens with one attached hydrogen (secondary N) is 2. The molecule has 1 aromatic rings. The first-order valence-corrected chi connectivity index (χ1v) is 8.96. The van der Waals surface area contributed by atoms with Gasteiger partial charge in [-0.15, -0.1) is 0 Å². The van der Waals surface area contributed by atoms with E-state index in [0.29, 0.717) is 12.4 Å². The lowest BCUT2D eigenvalue weighted by atomic mass is 10.1. The summed E-state index contributed by atoms with van der Waals surface area (Å²) in [5.41, 5.74) is 1.10. The minimum Gasteiger partial charge on any atom is -0.475 e. The second-order valence-corrected chi connectivity index (χ2v) is 6.43. The summed E-state index contributed by atoms with van der Waals surface area (Å²) in [4.78, 5) is 11.1. The molecule has 0 atom stereocenters. The standard InChI is InChI=1S/C18H31N5O/c1-15(2)24-17-8-7-16(13-21-17)14-22-18(19-3)20-9-12-23-10-5-4-6-11-23/h7-8,13,15H,4-6,9-12,14H2,1-3H3,(H2,19,20,22). The molecule has 1 saturated heterocycles. The van der Waals surface area contributed by atoms with E-state index < -0.39 is 0 Å². The van der Waals surface area contributed by atoms with Crippen molar-refractivity contribution in [2.45, 2.75) is 45.8 Å². The highest BCUT2D eigenvalue weighted by molar-refractivity contribution is 5.79. The van der Waals surface area contributed by atoms with Gasteiger partial charge >= 0.3 is 0 Å². The summed E-state index contributed by atoms with van der Waals surface area (Å²) in [6, 6.07) is 3.93. The first-order valence-electron chi connectivity index (χ1n) is 8.96. The summed E-state index contributed by atoms with van der Waals surface area (Å²) in [6.07, 6.45) is 6.02. The van der Waals surface area contributed by atoms with Gasteiger partial charge < -0.3 is 20.3 Å². The maximum Gasteiger partial charge on any atom is 0.213 e. The van der Waals surface area contributed by atoms with E-state index in [-0.39, 0.29) is 6.10 Å². The fraction of sp³-hybridized carbons (Fsp3) is 0.667. The summed E-state index contributed by atoms with van der Waals surface area (Å²) in [5.74, 6) is 1.49. The Labute approximate surface area is 145 Å². The average molecular weight is 333 g/mol. The van der Waals surface area contributed by atoms with Gasteiger partial charge in [-0.2, -0.15) is 0 Å². The molecule has 0 saturated carbocycles. The number of aliphatic imine (C=N–C) groups is 1. The number of hydrogen-bond acceptors (Lipinski definition) is 4. The quantitative estimate of drug-likeness (QED) is 0.590. The molecule has 2 N–H and O–H groups in total. The predicted molar refractivity (Wildman–Crippen MR) is 98.5 cm³/mol. The van der Waals surface area contributed by atoms with Gasteiger partial charge in [0.25, 0.3) is 0 Å². The fourth-order valence-electron chi connectivity index (χ4n) is 2.75. The van der Waals surface area contributed by atoms with Crippen LogP contribution in [0.25, 0.3) is 0 Å². The summed E-state index contributed by atoms with van der Waals surface area (Å²) < 4.78 is 5.55. The molecule has 6 heteroatoms. The highest BCUT2D eigenvalue weighted by atomic mass is 16.5. The van der Waals surface area contributed by atoms with E-state index in [1.807, 2.05) is 32.2 Å². The lowest BCUT2D eigenvalue weighted by molar-refractivity contribution is 0.232. The Kier molecular flexibility index (Phi) is 7.82. The minimum absolute atomic E-state index is 0.143. The normalized spacial score (nSPS) is 16.2. The second kappa shape index (κ2) is 10.1. The molecule has 6 nitrogen and oxygen atoms in total. The van der Waals surface area contributed by atoms with E-state index >= 15 is 0 Å². The number of nitrogens with zero attached hydrogens (tertiary/aromatic N) is 3. The monoisotopic (exact) mass is 333 g/mol. The van der Waals surface area contributed by atoms with Crippen LogP contribution in [0, 0.1) is 0 Å². The molecule has 1 aromatic heterocycles. The molecule has 1 aliphatic heterocycles. The molecule has 0 bridgehead atoms. The molecular formula is C18H31N5O. The van der Waals surface area contributed by atoms with Gasteiger partial charge in [0.15, 0.2) is 5.96 Å². The molecule has 0 aliphatic carbocycles. The largest absolute Gasteiger partial charge is 0.475 e. The molecular weight excluding hydrogens is 302 g/mol. The zero-order chi connectivity index (χ0) is 17.2. The first-order chi connectivity index (χ1) is 11.7. The van der Waals surface area contributed by atoms with Crippen molar-refractivity contribution in [3.8, 4) is 5.88 Å². The fourth-order valence-corrected chi connectivity index (χ4v) is 2.75. The highest BCUT2D eigenvalue weighted by Gasteiger charge is 2.09. The number of likely N-dealkylation sites (tertiary alicyclic amines) is 1. The first kappa shape index (κ1) is 18.5. The van der Waals surface area contributed by atoms with Crippen molar-refractivity contribution >= 4 is 5.96 Å². The summed E-state index contributed by atoms with van der Waals surface area (Å²) in [6.45, 7) is 9.13. The average Bonchev–Trinajstić information content (AvgIpc) is 2.59. The highest BCUT2D eigenvalue weighted by Crippen LogP contribution is 2.09. The maximum absolute atomic E-state index is 5.55. The third-order valence-electron chi connectivity index (χ3n) is 4.01. The van der Waals surface area contributed by atoms with Gasteiger partial charge in [0, 0.05) is 38.9 Å². The second-order valence-electron chi connectivity index (χ2n) is 6.43. The zero-order valence-corrected chi connectivity index (χ0v) is 15.2. The topological polar surface area (TPSA) is 61.8 Å². The van der Waals surface area contributed by atoms with Crippen molar-refractivity contribution in [3.05, 3.63) is 23.9 Å². The van der Waals surface area contributed by atoms with Crippen LogP contribution in [0.1, 0.15) is 38.7 Å². The molecule has 0 radical (unpaired) electrons. The van der Waals surface area contributed by atoms with Crippen molar-refractivity contribution in [3.63, 3.8) is 0 Å². The molecule has 0 amide bonds. The van der Waals surface area contributed by atoms with Crippen LogP contribution >= 0.6 is 0 Å². The van der Waals surface area contributed by atoms with Crippen LogP contribution in [-0.4, -0.2) is 55.2 Å². The molecule has 1 aliphatic rings. The van der Waals surface area contributed by atoms with Gasteiger partial charge in [-0.3, -0.25) is 4.99 Å². The number of rotatable bonds is 7. The summed E-state index contributed by atoms with van der Waals surface area (Å²) >= 11 is 0. The molecule has 24 heavy (non-hydrogen) atoms. The van der Waals surface area contributed by atoms with Crippen molar-refractivity contribution in [2.24, 2.45) is 4.99 Å². The Bertz CT molecular complexity index is 495. The van der Waals surface area contributed by atoms with E-state index in [4.69, 9.17) is 4.74 Å². The Hall–Kier alpha value is -1.82. The van der Waals surface area contributed by atoms with Crippen LogP contribution in [0.5, 0.6) is 5.88 Å². The lowest BCUT2D eigenvalue weighted by Gasteiger charge is -2.26. The van der Waals surface area contributed by atoms with Gasteiger partial charge in [0.05, 0.1) is 6.10 Å². The summed E-state index contributed by atoms with van der Waals surface area (Å²) in [5, 5.41) is 6.70. The molecule has 2 heterocycles. The SMILES string of the molecule is CN=C(NCCN1CCCCC1)NCc1ccc(OC(C)C)nc1. The smallest absolute Gasteiger partial charge is 0.213 e. The Morgan fingerprint density at radius 1 is 1.25 bits per heavy atom. The Balaban J connectivity index is 1.68. The summed E-state index contributed by atoms with van der Waals surface area (Å²) in [7, 11) is 1.80. The van der Waals surface area contributed by atoms with E-state index in [1.54, 1.807) is 7.05 Å². The van der Waals surface area contributed by atoms with Crippen molar-refractivity contribution in [1.82, 2.24) is 20.5 Å². The van der Waals surface area contributed by atoms with Gasteiger partial charge in [-0.1, -0.05) is 12.5 Å². The molecule has 0 unspecified atom stereocenters. The maximum atomic E-state index is 5.55. The van der Waals surface area contributed by atoms with Crippen LogP contribution in [-0.2, 0) is 6.54 Å². The molecule has 1 fully saturated rings. The van der Waals surface area contributed by atoms with Crippen molar-refractivity contribution in [1.29, 1.82) is 0 Å². The van der Waals surface area contributed by atoms with Crippen LogP contribution in [0.3, 0.4) is 0 Å². The number of hydrogen-bond donors (Lipinski definition) is 2. The number of aromatic nitrogens is 1. The number of ether oxygens (including phenoxy) is 1. The molecule has 134 valence electrons. The van der Waals surface area contributed by atoms with Crippen LogP contribution in [0.15, 0.2) is 23.3 Å². The Morgan fingerprint density at radius 3 is 2.67 bits per heavy atom. The van der Waals surface area contributed by atoms with Gasteiger partial charge in [0.2, 0.25) is 5.88 Å². The third-order valence-corrected chi connectivity index (χ3v) is 4.01. The lowest BCUT2D eigenvalue weighted by Crippen LogP contribution is -2.42. The minimum atomic E-state index is 0.143. The van der Waals surface area contributed by atoms with Crippen LogP contribution in [0.4, 0.5) is 0 Å². The van der Waals surface area contributed by atoms with Gasteiger partial charge in [-0.25, -0.2) is 4.98 Å². The molecule has 0 spiro atoms. The third kappa shape index (κ3) is 6.74. The molecule has 0 aromatic carbocycles. The predicted octanol–water partition coefficient (Wildman–Crippen LogP) is 2.02. The number of pyridine rings is 1. The zero-order valence-electron chi connectivity index (χ0n) is 15.2. The van der Waals surface area contributed by atoms with Crippen molar-refractivity contribution in [2.75, 3.05) is 33.2 Å². The van der Waals surface area contributed by atoms with Gasteiger partial charge in [-0.05, 0) is 45.3 Å². The van der Waals surface area contributed by atoms with Crippen molar-refractivity contribution < 1.29 is 4.74 Å². The van der Waals surface area contributed by atoms with E-state index in [0.717, 1.165) is 24.6 Å². The van der Waals surface area contributed by atoms with E-state index in [9.17, 15) is 0 Å². The van der Waals surface area contributed by atoms with E-state index in [2.05, 4.69) is 25.5 Å². The van der Waals surface area contributed by atoms with E-state index in [1.165, 1.54) is 32.4 Å². The number of guanidine groups is 1. The van der Waals surface area contributed by atoms with Crippen LogP contribution < -0.4 is 15.4 Å².